The Kier molecular flexibility index (Phi) is 3.41. The van der Waals surface area contributed by atoms with E-state index >= 15 is 0 Å². The SMILES string of the molecule is C/C(C(=O)O)=C(/C(=O)O)C1(C)CCCC1C. The number of rotatable bonds is 3. The van der Waals surface area contributed by atoms with E-state index in [1.54, 1.807) is 0 Å². The molecule has 1 saturated carbocycles. The Morgan fingerprint density at radius 3 is 2.12 bits per heavy atom. The molecule has 2 atom stereocenters. The van der Waals surface area contributed by atoms with Crippen LogP contribution in [0.5, 0.6) is 0 Å². The van der Waals surface area contributed by atoms with Crippen LogP contribution in [0.3, 0.4) is 0 Å². The standard InChI is InChI=1S/C12H18O4/c1-7-5-4-6-12(7,3)9(11(15)16)8(2)10(13)14/h7H,4-6H2,1-3H3,(H,13,14)(H,15,16)/b9-8+. The Hall–Kier alpha value is -1.32. The van der Waals surface area contributed by atoms with Crippen molar-refractivity contribution in [3.63, 3.8) is 0 Å². The maximum atomic E-state index is 11.3. The van der Waals surface area contributed by atoms with Gasteiger partial charge in [0.1, 0.15) is 0 Å². The van der Waals surface area contributed by atoms with Gasteiger partial charge in [0, 0.05) is 11.0 Å². The van der Waals surface area contributed by atoms with Crippen LogP contribution in [0, 0.1) is 11.3 Å². The largest absolute Gasteiger partial charge is 0.478 e. The molecule has 0 radical (unpaired) electrons. The fourth-order valence-electron chi connectivity index (χ4n) is 2.65. The van der Waals surface area contributed by atoms with Gasteiger partial charge in [-0.3, -0.25) is 0 Å². The summed E-state index contributed by atoms with van der Waals surface area (Å²) in [5.74, 6) is -2.03. The molecule has 0 amide bonds. The van der Waals surface area contributed by atoms with Crippen LogP contribution in [-0.2, 0) is 9.59 Å². The van der Waals surface area contributed by atoms with Gasteiger partial charge in [0.2, 0.25) is 0 Å². The van der Waals surface area contributed by atoms with E-state index in [4.69, 9.17) is 5.11 Å². The number of carbonyl (C=O) groups is 2. The third kappa shape index (κ3) is 1.96. The fourth-order valence-corrected chi connectivity index (χ4v) is 2.65. The molecule has 1 aliphatic rings. The molecule has 0 spiro atoms. The van der Waals surface area contributed by atoms with E-state index in [0.29, 0.717) is 0 Å². The molecule has 1 fully saturated rings. The lowest BCUT2D eigenvalue weighted by Gasteiger charge is -2.30. The van der Waals surface area contributed by atoms with Crippen LogP contribution in [0.2, 0.25) is 0 Å². The van der Waals surface area contributed by atoms with Gasteiger partial charge in [-0.05, 0) is 25.7 Å². The number of carboxylic acid groups (broad SMARTS) is 2. The molecule has 0 saturated heterocycles. The number of hydrogen-bond acceptors (Lipinski definition) is 2. The maximum absolute atomic E-state index is 11.3. The number of hydrogen-bond donors (Lipinski definition) is 2. The van der Waals surface area contributed by atoms with Crippen molar-refractivity contribution in [1.29, 1.82) is 0 Å². The third-order valence-corrected chi connectivity index (χ3v) is 3.90. The highest BCUT2D eigenvalue weighted by Crippen LogP contribution is 2.49. The highest BCUT2D eigenvalue weighted by Gasteiger charge is 2.43. The summed E-state index contributed by atoms with van der Waals surface area (Å²) in [7, 11) is 0. The van der Waals surface area contributed by atoms with Crippen LogP contribution in [0.4, 0.5) is 0 Å². The average molecular weight is 226 g/mol. The Morgan fingerprint density at radius 2 is 1.81 bits per heavy atom. The number of aliphatic carboxylic acids is 2. The first-order valence-corrected chi connectivity index (χ1v) is 5.48. The maximum Gasteiger partial charge on any atom is 0.332 e. The smallest absolute Gasteiger partial charge is 0.332 e. The van der Waals surface area contributed by atoms with Gasteiger partial charge < -0.3 is 10.2 Å². The van der Waals surface area contributed by atoms with Crippen LogP contribution < -0.4 is 0 Å². The van der Waals surface area contributed by atoms with Gasteiger partial charge in [0.15, 0.2) is 0 Å². The fraction of sp³-hybridized carbons (Fsp3) is 0.667. The van der Waals surface area contributed by atoms with E-state index in [2.05, 4.69) is 0 Å². The van der Waals surface area contributed by atoms with Crippen molar-refractivity contribution >= 4 is 11.9 Å². The van der Waals surface area contributed by atoms with Gasteiger partial charge >= 0.3 is 11.9 Å². The molecule has 4 heteroatoms. The first-order valence-electron chi connectivity index (χ1n) is 5.48. The van der Waals surface area contributed by atoms with Crippen molar-refractivity contribution in [3.8, 4) is 0 Å². The van der Waals surface area contributed by atoms with Gasteiger partial charge in [0.25, 0.3) is 0 Å². The Morgan fingerprint density at radius 1 is 1.25 bits per heavy atom. The first kappa shape index (κ1) is 12.7. The quantitative estimate of drug-likeness (QED) is 0.724. The van der Waals surface area contributed by atoms with Crippen LogP contribution in [0.1, 0.15) is 40.0 Å². The molecule has 0 aromatic rings. The molecular formula is C12H18O4. The minimum atomic E-state index is -1.14. The molecular weight excluding hydrogens is 208 g/mol. The molecule has 0 aliphatic heterocycles. The molecule has 4 nitrogen and oxygen atoms in total. The summed E-state index contributed by atoms with van der Waals surface area (Å²) in [4.78, 5) is 22.2. The molecule has 0 bridgehead atoms. The molecule has 0 heterocycles. The summed E-state index contributed by atoms with van der Waals surface area (Å²) in [6.07, 6.45) is 2.67. The van der Waals surface area contributed by atoms with Crippen molar-refractivity contribution in [3.05, 3.63) is 11.1 Å². The molecule has 1 aliphatic carbocycles. The lowest BCUT2D eigenvalue weighted by Crippen LogP contribution is -2.29. The summed E-state index contributed by atoms with van der Waals surface area (Å²) < 4.78 is 0. The first-order chi connectivity index (χ1) is 7.30. The molecule has 2 unspecified atom stereocenters. The third-order valence-electron chi connectivity index (χ3n) is 3.90. The predicted molar refractivity (Wildman–Crippen MR) is 59.1 cm³/mol. The molecule has 1 rings (SSSR count). The zero-order chi connectivity index (χ0) is 12.5. The van der Waals surface area contributed by atoms with Crippen molar-refractivity contribution in [1.82, 2.24) is 0 Å². The van der Waals surface area contributed by atoms with Crippen LogP contribution >= 0.6 is 0 Å². The lowest BCUT2D eigenvalue weighted by molar-refractivity contribution is -0.137. The Labute approximate surface area is 95.0 Å². The average Bonchev–Trinajstić information content (AvgIpc) is 2.46. The van der Waals surface area contributed by atoms with Gasteiger partial charge in [-0.15, -0.1) is 0 Å². The summed E-state index contributed by atoms with van der Waals surface area (Å²) in [5, 5.41) is 18.2. The second-order valence-corrected chi connectivity index (χ2v) is 4.82. The zero-order valence-electron chi connectivity index (χ0n) is 9.91. The van der Waals surface area contributed by atoms with Crippen molar-refractivity contribution < 1.29 is 19.8 Å². The van der Waals surface area contributed by atoms with Gasteiger partial charge in [-0.25, -0.2) is 9.59 Å². The van der Waals surface area contributed by atoms with E-state index in [1.807, 2.05) is 13.8 Å². The normalized spacial score (nSPS) is 31.1. The second-order valence-electron chi connectivity index (χ2n) is 4.82. The molecule has 2 N–H and O–H groups in total. The molecule has 0 aromatic carbocycles. The minimum Gasteiger partial charge on any atom is -0.478 e. The summed E-state index contributed by atoms with van der Waals surface area (Å²) >= 11 is 0. The summed E-state index contributed by atoms with van der Waals surface area (Å²) in [5.41, 5.74) is -0.470. The van der Waals surface area contributed by atoms with Crippen LogP contribution in [0.25, 0.3) is 0 Å². The molecule has 16 heavy (non-hydrogen) atoms. The second kappa shape index (κ2) is 4.28. The van der Waals surface area contributed by atoms with E-state index in [9.17, 15) is 14.7 Å². The topological polar surface area (TPSA) is 74.6 Å². The predicted octanol–water partition coefficient (Wildman–Crippen LogP) is 2.30. The van der Waals surface area contributed by atoms with E-state index in [1.165, 1.54) is 6.92 Å². The van der Waals surface area contributed by atoms with Crippen molar-refractivity contribution in [2.45, 2.75) is 40.0 Å². The van der Waals surface area contributed by atoms with Crippen LogP contribution in [0.15, 0.2) is 11.1 Å². The highest BCUT2D eigenvalue weighted by molar-refractivity contribution is 5.99. The van der Waals surface area contributed by atoms with E-state index in [0.717, 1.165) is 19.3 Å². The molecule has 0 aromatic heterocycles. The summed E-state index contributed by atoms with van der Waals surface area (Å²) in [6, 6.07) is 0. The monoisotopic (exact) mass is 226 g/mol. The van der Waals surface area contributed by atoms with Gasteiger partial charge in [0.05, 0.1) is 5.57 Å². The minimum absolute atomic E-state index is 0.0382. The van der Waals surface area contributed by atoms with Gasteiger partial charge in [-0.2, -0.15) is 0 Å². The van der Waals surface area contributed by atoms with Crippen LogP contribution in [-0.4, -0.2) is 22.2 Å². The Balaban J connectivity index is 3.28. The highest BCUT2D eigenvalue weighted by atomic mass is 16.4. The van der Waals surface area contributed by atoms with Crippen molar-refractivity contribution in [2.24, 2.45) is 11.3 Å². The Bertz CT molecular complexity index is 356. The van der Waals surface area contributed by atoms with E-state index in [-0.39, 0.29) is 17.1 Å². The zero-order valence-corrected chi connectivity index (χ0v) is 9.91. The lowest BCUT2D eigenvalue weighted by atomic mass is 9.72. The van der Waals surface area contributed by atoms with Crippen molar-refractivity contribution in [2.75, 3.05) is 0 Å². The van der Waals surface area contributed by atoms with Gasteiger partial charge in [-0.1, -0.05) is 20.3 Å². The summed E-state index contributed by atoms with van der Waals surface area (Å²) in [6.45, 7) is 5.23. The molecule has 90 valence electrons. The van der Waals surface area contributed by atoms with E-state index < -0.39 is 17.4 Å². The number of carboxylic acids is 2.